The Balaban J connectivity index is 2.07. The number of nitrogens with zero attached hydrogens (tertiary/aromatic N) is 1. The Bertz CT molecular complexity index is 590. The summed E-state index contributed by atoms with van der Waals surface area (Å²) in [5, 5.41) is 12.0. The highest BCUT2D eigenvalue weighted by Crippen LogP contribution is 2.19. The van der Waals surface area contributed by atoms with E-state index in [4.69, 9.17) is 5.11 Å². The molecule has 0 fully saturated rings. The van der Waals surface area contributed by atoms with Gasteiger partial charge in [0.25, 0.3) is 0 Å². The van der Waals surface area contributed by atoms with Crippen LogP contribution in [0.5, 0.6) is 0 Å². The standard InChI is InChI=1S/C16H18N2O2S/c19-11-10-18(12-13-6-2-1-3-7-13)16(20)17-14-8-4-5-9-15(14)21/h1-9,19,21H,10-12H2,(H,17,20). The molecular weight excluding hydrogens is 284 g/mol. The number of thiol groups is 1. The minimum Gasteiger partial charge on any atom is -0.395 e. The average molecular weight is 302 g/mol. The summed E-state index contributed by atoms with van der Waals surface area (Å²) < 4.78 is 0. The third-order valence-electron chi connectivity index (χ3n) is 3.02. The lowest BCUT2D eigenvalue weighted by molar-refractivity contribution is 0.185. The molecule has 0 saturated carbocycles. The molecule has 0 aliphatic heterocycles. The molecule has 2 amide bonds. The highest BCUT2D eigenvalue weighted by atomic mass is 32.1. The van der Waals surface area contributed by atoms with Crippen LogP contribution in [0, 0.1) is 0 Å². The normalized spacial score (nSPS) is 10.2. The lowest BCUT2D eigenvalue weighted by Gasteiger charge is -2.22. The van der Waals surface area contributed by atoms with Gasteiger partial charge in [-0.15, -0.1) is 12.6 Å². The van der Waals surface area contributed by atoms with Gasteiger partial charge in [-0.25, -0.2) is 4.79 Å². The number of para-hydroxylation sites is 1. The van der Waals surface area contributed by atoms with Crippen LogP contribution in [0.1, 0.15) is 5.56 Å². The van der Waals surface area contributed by atoms with Crippen LogP contribution in [0.2, 0.25) is 0 Å². The zero-order valence-electron chi connectivity index (χ0n) is 11.6. The van der Waals surface area contributed by atoms with Gasteiger partial charge in [-0.3, -0.25) is 0 Å². The van der Waals surface area contributed by atoms with Gasteiger partial charge in [0.05, 0.1) is 12.3 Å². The molecule has 2 N–H and O–H groups in total. The van der Waals surface area contributed by atoms with Gasteiger partial charge in [-0.05, 0) is 17.7 Å². The Morgan fingerprint density at radius 2 is 1.76 bits per heavy atom. The van der Waals surface area contributed by atoms with Crippen LogP contribution in [-0.4, -0.2) is 29.2 Å². The number of nitrogens with one attached hydrogen (secondary N) is 1. The van der Waals surface area contributed by atoms with Crippen molar-refractivity contribution in [1.29, 1.82) is 0 Å². The third-order valence-corrected chi connectivity index (χ3v) is 3.41. The zero-order valence-corrected chi connectivity index (χ0v) is 12.5. The molecule has 2 rings (SSSR count). The Morgan fingerprint density at radius 1 is 1.10 bits per heavy atom. The first kappa shape index (κ1) is 15.4. The quantitative estimate of drug-likeness (QED) is 0.744. The van der Waals surface area contributed by atoms with Crippen molar-refractivity contribution in [2.45, 2.75) is 11.4 Å². The molecule has 0 atom stereocenters. The Kier molecular flexibility index (Phi) is 5.66. The number of carbonyl (C=O) groups is 1. The summed E-state index contributed by atoms with van der Waals surface area (Å²) in [6, 6.07) is 16.7. The summed E-state index contributed by atoms with van der Waals surface area (Å²) in [6.07, 6.45) is 0. The molecule has 2 aromatic carbocycles. The van der Waals surface area contributed by atoms with Crippen molar-refractivity contribution in [1.82, 2.24) is 4.90 Å². The predicted octanol–water partition coefficient (Wildman–Crippen LogP) is 3.00. The van der Waals surface area contributed by atoms with Crippen LogP contribution in [0.4, 0.5) is 10.5 Å². The molecule has 0 aliphatic rings. The maximum Gasteiger partial charge on any atom is 0.322 e. The highest BCUT2D eigenvalue weighted by Gasteiger charge is 2.14. The number of hydrogen-bond donors (Lipinski definition) is 3. The smallest absolute Gasteiger partial charge is 0.322 e. The zero-order chi connectivity index (χ0) is 15.1. The molecule has 5 heteroatoms. The fourth-order valence-corrected chi connectivity index (χ4v) is 2.17. The summed E-state index contributed by atoms with van der Waals surface area (Å²) in [7, 11) is 0. The van der Waals surface area contributed by atoms with Gasteiger partial charge >= 0.3 is 6.03 Å². The average Bonchev–Trinajstić information content (AvgIpc) is 2.50. The monoisotopic (exact) mass is 302 g/mol. The number of hydrogen-bond acceptors (Lipinski definition) is 3. The summed E-state index contributed by atoms with van der Waals surface area (Å²) >= 11 is 4.31. The van der Waals surface area contributed by atoms with Crippen molar-refractivity contribution in [2.75, 3.05) is 18.5 Å². The third kappa shape index (κ3) is 4.51. The largest absolute Gasteiger partial charge is 0.395 e. The minimum absolute atomic E-state index is 0.0806. The van der Waals surface area contributed by atoms with Crippen molar-refractivity contribution in [3.05, 3.63) is 60.2 Å². The molecule has 0 spiro atoms. The molecule has 0 aromatic heterocycles. The van der Waals surface area contributed by atoms with E-state index in [0.717, 1.165) is 5.56 Å². The van der Waals surface area contributed by atoms with E-state index in [1.54, 1.807) is 11.0 Å². The second-order valence-corrected chi connectivity index (χ2v) is 5.06. The van der Waals surface area contributed by atoms with E-state index in [-0.39, 0.29) is 19.2 Å². The van der Waals surface area contributed by atoms with E-state index in [2.05, 4.69) is 17.9 Å². The van der Waals surface area contributed by atoms with E-state index in [9.17, 15) is 4.79 Å². The maximum atomic E-state index is 12.3. The number of benzene rings is 2. The summed E-state index contributed by atoms with van der Waals surface area (Å²) in [5.41, 5.74) is 1.67. The van der Waals surface area contributed by atoms with E-state index in [1.807, 2.05) is 48.5 Å². The molecule has 4 nitrogen and oxygen atoms in total. The molecule has 0 heterocycles. The topological polar surface area (TPSA) is 52.6 Å². The van der Waals surface area contributed by atoms with Crippen molar-refractivity contribution in [3.8, 4) is 0 Å². The van der Waals surface area contributed by atoms with Gasteiger partial charge in [-0.1, -0.05) is 42.5 Å². The van der Waals surface area contributed by atoms with Crippen molar-refractivity contribution >= 4 is 24.3 Å². The van der Waals surface area contributed by atoms with E-state index >= 15 is 0 Å². The summed E-state index contributed by atoms with van der Waals surface area (Å²) in [6.45, 7) is 0.639. The van der Waals surface area contributed by atoms with Crippen molar-refractivity contribution in [3.63, 3.8) is 0 Å². The molecule has 0 unspecified atom stereocenters. The van der Waals surface area contributed by atoms with Crippen LogP contribution in [0.3, 0.4) is 0 Å². The van der Waals surface area contributed by atoms with Crippen LogP contribution in [0.25, 0.3) is 0 Å². The van der Waals surface area contributed by atoms with Gasteiger partial charge in [0.15, 0.2) is 0 Å². The van der Waals surface area contributed by atoms with Gasteiger partial charge < -0.3 is 15.3 Å². The van der Waals surface area contributed by atoms with Gasteiger partial charge in [0, 0.05) is 18.0 Å². The second kappa shape index (κ2) is 7.71. The van der Waals surface area contributed by atoms with Gasteiger partial charge in [-0.2, -0.15) is 0 Å². The molecule has 0 radical (unpaired) electrons. The molecule has 2 aromatic rings. The van der Waals surface area contributed by atoms with Crippen LogP contribution >= 0.6 is 12.6 Å². The number of anilines is 1. The van der Waals surface area contributed by atoms with Gasteiger partial charge in [0.1, 0.15) is 0 Å². The number of urea groups is 1. The first-order valence-electron chi connectivity index (χ1n) is 6.69. The lowest BCUT2D eigenvalue weighted by Crippen LogP contribution is -2.36. The molecule has 0 saturated heterocycles. The number of aliphatic hydroxyl groups excluding tert-OH is 1. The summed E-state index contributed by atoms with van der Waals surface area (Å²) in [5.74, 6) is 0. The summed E-state index contributed by atoms with van der Waals surface area (Å²) in [4.78, 5) is 14.6. The first-order valence-corrected chi connectivity index (χ1v) is 7.14. The van der Waals surface area contributed by atoms with E-state index in [0.29, 0.717) is 17.1 Å². The van der Waals surface area contributed by atoms with E-state index in [1.165, 1.54) is 0 Å². The first-order chi connectivity index (χ1) is 10.2. The Hall–Kier alpha value is -1.98. The van der Waals surface area contributed by atoms with E-state index < -0.39 is 0 Å². The SMILES string of the molecule is O=C(Nc1ccccc1S)N(CCO)Cc1ccccc1. The Labute approximate surface area is 129 Å². The maximum absolute atomic E-state index is 12.3. The van der Waals surface area contributed by atoms with Crippen molar-refractivity contribution < 1.29 is 9.90 Å². The Morgan fingerprint density at radius 3 is 2.43 bits per heavy atom. The number of rotatable bonds is 5. The molecular formula is C16H18N2O2S. The van der Waals surface area contributed by atoms with Gasteiger partial charge in [0.2, 0.25) is 0 Å². The minimum atomic E-state index is -0.255. The predicted molar refractivity (Wildman–Crippen MR) is 86.7 cm³/mol. The highest BCUT2D eigenvalue weighted by molar-refractivity contribution is 7.80. The molecule has 0 aliphatic carbocycles. The number of amides is 2. The second-order valence-electron chi connectivity index (χ2n) is 4.58. The molecule has 0 bridgehead atoms. The lowest BCUT2D eigenvalue weighted by atomic mass is 10.2. The number of aliphatic hydroxyl groups is 1. The molecule has 21 heavy (non-hydrogen) atoms. The van der Waals surface area contributed by atoms with Crippen molar-refractivity contribution in [2.24, 2.45) is 0 Å². The fourth-order valence-electron chi connectivity index (χ4n) is 1.95. The van der Waals surface area contributed by atoms with Crippen LogP contribution in [0.15, 0.2) is 59.5 Å². The van der Waals surface area contributed by atoms with Crippen LogP contribution < -0.4 is 5.32 Å². The fraction of sp³-hybridized carbons (Fsp3) is 0.188. The van der Waals surface area contributed by atoms with Crippen LogP contribution in [-0.2, 0) is 6.54 Å². The molecule has 110 valence electrons. The number of carbonyl (C=O) groups excluding carboxylic acids is 1.